The molecule has 84 valence electrons. The SMILES string of the molecule is Cc1cccc(Sc2c(C)cccc2C#N)c1. The predicted octanol–water partition coefficient (Wildman–Crippen LogP) is 4.33. The third kappa shape index (κ3) is 2.69. The van der Waals surface area contributed by atoms with Crippen molar-refractivity contribution in [3.63, 3.8) is 0 Å². The van der Waals surface area contributed by atoms with E-state index in [1.54, 1.807) is 11.8 Å². The first-order valence-corrected chi connectivity index (χ1v) is 6.26. The number of rotatable bonds is 2. The molecule has 0 aliphatic rings. The van der Waals surface area contributed by atoms with Crippen LogP contribution in [0.2, 0.25) is 0 Å². The van der Waals surface area contributed by atoms with Gasteiger partial charge in [0.1, 0.15) is 6.07 Å². The third-order valence-corrected chi connectivity index (χ3v) is 3.78. The van der Waals surface area contributed by atoms with E-state index in [0.29, 0.717) is 0 Å². The highest BCUT2D eigenvalue weighted by molar-refractivity contribution is 7.99. The Morgan fingerprint density at radius 1 is 1.06 bits per heavy atom. The van der Waals surface area contributed by atoms with Gasteiger partial charge in [-0.25, -0.2) is 0 Å². The molecule has 0 aromatic heterocycles. The maximum Gasteiger partial charge on any atom is 0.100 e. The van der Waals surface area contributed by atoms with Crippen molar-refractivity contribution in [2.45, 2.75) is 23.6 Å². The van der Waals surface area contributed by atoms with Gasteiger partial charge in [-0.15, -0.1) is 0 Å². The molecule has 0 radical (unpaired) electrons. The molecule has 1 nitrogen and oxygen atoms in total. The summed E-state index contributed by atoms with van der Waals surface area (Å²) in [6.45, 7) is 4.12. The van der Waals surface area contributed by atoms with Gasteiger partial charge in [-0.2, -0.15) is 5.26 Å². The molecule has 2 heteroatoms. The van der Waals surface area contributed by atoms with Crippen molar-refractivity contribution in [3.05, 3.63) is 59.2 Å². The summed E-state index contributed by atoms with van der Waals surface area (Å²) >= 11 is 1.66. The Bertz CT molecular complexity index is 582. The molecule has 2 aromatic rings. The first kappa shape index (κ1) is 11.8. The summed E-state index contributed by atoms with van der Waals surface area (Å²) in [5.41, 5.74) is 3.13. The first-order valence-electron chi connectivity index (χ1n) is 5.45. The Hall–Kier alpha value is -1.72. The van der Waals surface area contributed by atoms with Crippen molar-refractivity contribution in [1.82, 2.24) is 0 Å². The fourth-order valence-electron chi connectivity index (χ4n) is 1.67. The van der Waals surface area contributed by atoms with Crippen LogP contribution in [0.1, 0.15) is 16.7 Å². The number of aryl methyl sites for hydroxylation is 2. The lowest BCUT2D eigenvalue weighted by atomic mass is 10.1. The second-order valence-corrected chi connectivity index (χ2v) is 5.07. The van der Waals surface area contributed by atoms with E-state index >= 15 is 0 Å². The average Bonchev–Trinajstić information content (AvgIpc) is 2.32. The Morgan fingerprint density at radius 2 is 1.82 bits per heavy atom. The molecule has 0 bridgehead atoms. The third-order valence-electron chi connectivity index (χ3n) is 2.54. The van der Waals surface area contributed by atoms with Gasteiger partial charge in [-0.1, -0.05) is 41.6 Å². The molecule has 0 amide bonds. The molecule has 2 rings (SSSR count). The Labute approximate surface area is 106 Å². The van der Waals surface area contributed by atoms with Crippen LogP contribution in [0.15, 0.2) is 52.3 Å². The van der Waals surface area contributed by atoms with E-state index in [4.69, 9.17) is 5.26 Å². The highest BCUT2D eigenvalue weighted by atomic mass is 32.2. The van der Waals surface area contributed by atoms with Gasteiger partial charge in [0.05, 0.1) is 5.56 Å². The Morgan fingerprint density at radius 3 is 2.53 bits per heavy atom. The molecule has 0 heterocycles. The summed E-state index contributed by atoms with van der Waals surface area (Å²) < 4.78 is 0. The standard InChI is InChI=1S/C15H13NS/c1-11-5-3-8-14(9-11)17-15-12(2)6-4-7-13(15)10-16/h3-9H,1-2H3. The van der Waals surface area contributed by atoms with Crippen molar-refractivity contribution in [2.75, 3.05) is 0 Å². The molecule has 0 unspecified atom stereocenters. The number of hydrogen-bond donors (Lipinski definition) is 0. The van der Waals surface area contributed by atoms with E-state index in [2.05, 4.69) is 31.2 Å². The van der Waals surface area contributed by atoms with Crippen LogP contribution in [-0.2, 0) is 0 Å². The van der Waals surface area contributed by atoms with Crippen LogP contribution in [-0.4, -0.2) is 0 Å². The summed E-state index contributed by atoms with van der Waals surface area (Å²) in [4.78, 5) is 2.23. The number of nitrogens with zero attached hydrogens (tertiary/aromatic N) is 1. The molecule has 2 aromatic carbocycles. The minimum absolute atomic E-state index is 0.747. The van der Waals surface area contributed by atoms with Gasteiger partial charge in [-0.3, -0.25) is 0 Å². The van der Waals surface area contributed by atoms with Gasteiger partial charge in [0.25, 0.3) is 0 Å². The van der Waals surface area contributed by atoms with E-state index in [1.165, 1.54) is 10.5 Å². The quantitative estimate of drug-likeness (QED) is 0.779. The second kappa shape index (κ2) is 5.07. The molecule has 0 saturated heterocycles. The van der Waals surface area contributed by atoms with Crippen molar-refractivity contribution >= 4 is 11.8 Å². The molecule has 0 aliphatic carbocycles. The van der Waals surface area contributed by atoms with Crippen LogP contribution < -0.4 is 0 Å². The van der Waals surface area contributed by atoms with Gasteiger partial charge in [0.2, 0.25) is 0 Å². The van der Waals surface area contributed by atoms with Gasteiger partial charge in [-0.05, 0) is 37.6 Å². The monoisotopic (exact) mass is 239 g/mol. The summed E-state index contributed by atoms with van der Waals surface area (Å²) in [6.07, 6.45) is 0. The topological polar surface area (TPSA) is 23.8 Å². The fourth-order valence-corrected chi connectivity index (χ4v) is 2.75. The largest absolute Gasteiger partial charge is 0.192 e. The van der Waals surface area contributed by atoms with Crippen molar-refractivity contribution in [2.24, 2.45) is 0 Å². The van der Waals surface area contributed by atoms with Gasteiger partial charge in [0, 0.05) is 9.79 Å². The van der Waals surface area contributed by atoms with Gasteiger partial charge < -0.3 is 0 Å². The number of benzene rings is 2. The molecule has 0 atom stereocenters. The van der Waals surface area contributed by atoms with E-state index in [9.17, 15) is 0 Å². The zero-order valence-corrected chi connectivity index (χ0v) is 10.7. The minimum atomic E-state index is 0.747. The van der Waals surface area contributed by atoms with Crippen LogP contribution in [0.4, 0.5) is 0 Å². The van der Waals surface area contributed by atoms with Crippen LogP contribution >= 0.6 is 11.8 Å². The van der Waals surface area contributed by atoms with Crippen LogP contribution in [0.3, 0.4) is 0 Å². The Kier molecular flexibility index (Phi) is 3.51. The normalized spacial score (nSPS) is 9.94. The summed E-state index contributed by atoms with van der Waals surface area (Å²) in [7, 11) is 0. The van der Waals surface area contributed by atoms with Crippen molar-refractivity contribution < 1.29 is 0 Å². The summed E-state index contributed by atoms with van der Waals surface area (Å²) in [5, 5.41) is 9.11. The highest BCUT2D eigenvalue weighted by Crippen LogP contribution is 2.33. The lowest BCUT2D eigenvalue weighted by Gasteiger charge is -2.07. The van der Waals surface area contributed by atoms with E-state index in [1.807, 2.05) is 31.2 Å². The predicted molar refractivity (Wildman–Crippen MR) is 71.2 cm³/mol. The molecule has 0 N–H and O–H groups in total. The van der Waals surface area contributed by atoms with Crippen molar-refractivity contribution in [1.29, 1.82) is 5.26 Å². The van der Waals surface area contributed by atoms with E-state index in [-0.39, 0.29) is 0 Å². The summed E-state index contributed by atoms with van der Waals surface area (Å²) in [5.74, 6) is 0. The molecule has 17 heavy (non-hydrogen) atoms. The van der Waals surface area contributed by atoms with Crippen LogP contribution in [0.25, 0.3) is 0 Å². The lowest BCUT2D eigenvalue weighted by Crippen LogP contribution is -1.86. The smallest absolute Gasteiger partial charge is 0.100 e. The first-order chi connectivity index (χ1) is 8.20. The molecular formula is C15H13NS. The van der Waals surface area contributed by atoms with Crippen LogP contribution in [0, 0.1) is 25.2 Å². The second-order valence-electron chi connectivity index (χ2n) is 3.98. The van der Waals surface area contributed by atoms with E-state index < -0.39 is 0 Å². The van der Waals surface area contributed by atoms with Crippen molar-refractivity contribution in [3.8, 4) is 6.07 Å². The Balaban J connectivity index is 2.40. The fraction of sp³-hybridized carbons (Fsp3) is 0.133. The molecule has 0 aliphatic heterocycles. The lowest BCUT2D eigenvalue weighted by molar-refractivity contribution is 1.25. The number of nitriles is 1. The van der Waals surface area contributed by atoms with Crippen LogP contribution in [0.5, 0.6) is 0 Å². The van der Waals surface area contributed by atoms with Gasteiger partial charge >= 0.3 is 0 Å². The molecule has 0 spiro atoms. The summed E-state index contributed by atoms with van der Waals surface area (Å²) in [6, 6.07) is 16.4. The van der Waals surface area contributed by atoms with Gasteiger partial charge in [0.15, 0.2) is 0 Å². The zero-order chi connectivity index (χ0) is 12.3. The number of hydrogen-bond acceptors (Lipinski definition) is 2. The maximum absolute atomic E-state index is 9.11. The molecule has 0 saturated carbocycles. The average molecular weight is 239 g/mol. The minimum Gasteiger partial charge on any atom is -0.192 e. The molecular weight excluding hydrogens is 226 g/mol. The maximum atomic E-state index is 9.11. The van der Waals surface area contributed by atoms with E-state index in [0.717, 1.165) is 16.0 Å². The zero-order valence-electron chi connectivity index (χ0n) is 9.90. The highest BCUT2D eigenvalue weighted by Gasteiger charge is 2.06. The molecule has 0 fully saturated rings.